The van der Waals surface area contributed by atoms with Crippen molar-refractivity contribution in [2.24, 2.45) is 0 Å². The third-order valence-corrected chi connectivity index (χ3v) is 6.81. The minimum atomic E-state index is 1.20. The van der Waals surface area contributed by atoms with Crippen LogP contribution in [0, 0.1) is 0 Å². The van der Waals surface area contributed by atoms with E-state index in [1.54, 1.807) is 0 Å². The molecule has 0 fully saturated rings. The van der Waals surface area contributed by atoms with Crippen LogP contribution in [-0.4, -0.2) is 7.28 Å². The van der Waals surface area contributed by atoms with E-state index >= 15 is 0 Å². The standard InChI is InChI=1S/C36H26B/c1-3-7-27(8-4-1)29-11-15-31(16-12-29)33-19-23-35(24-20-33)37-36-25-21-34(22-26-36)32-17-13-30(14-18-32)28-9-5-2-6-10-28/h1-26H. The van der Waals surface area contributed by atoms with Crippen LogP contribution in [0.15, 0.2) is 158 Å². The molecule has 0 spiro atoms. The predicted octanol–water partition coefficient (Wildman–Crippen LogP) is 8.01. The van der Waals surface area contributed by atoms with Crippen LogP contribution in [0.3, 0.4) is 0 Å². The predicted molar refractivity (Wildman–Crippen MR) is 160 cm³/mol. The first-order valence-corrected chi connectivity index (χ1v) is 12.7. The van der Waals surface area contributed by atoms with Crippen LogP contribution in [0.2, 0.25) is 0 Å². The molecule has 0 aliphatic carbocycles. The highest BCUT2D eigenvalue weighted by molar-refractivity contribution is 6.67. The third kappa shape index (κ3) is 5.32. The molecular formula is C36H26B. The number of hydrogen-bond donors (Lipinski definition) is 0. The second-order valence-electron chi connectivity index (χ2n) is 9.28. The van der Waals surface area contributed by atoms with E-state index in [0.29, 0.717) is 0 Å². The SMILES string of the molecule is [B](c1ccc(-c2ccc(-c3ccccc3)cc2)cc1)c1ccc(-c2ccc(-c3ccccc3)cc2)cc1. The minimum absolute atomic E-state index is 1.20. The van der Waals surface area contributed by atoms with Crippen LogP contribution >= 0.6 is 0 Å². The Balaban J connectivity index is 1.11. The maximum Gasteiger partial charge on any atom is 0.191 e. The lowest BCUT2D eigenvalue weighted by Crippen LogP contribution is -2.26. The van der Waals surface area contributed by atoms with E-state index in [-0.39, 0.29) is 0 Å². The van der Waals surface area contributed by atoms with Gasteiger partial charge in [0.05, 0.1) is 0 Å². The van der Waals surface area contributed by atoms with Crippen molar-refractivity contribution < 1.29 is 0 Å². The summed E-state index contributed by atoms with van der Waals surface area (Å²) in [5.74, 6) is 0. The normalized spacial score (nSPS) is 10.7. The van der Waals surface area contributed by atoms with Crippen molar-refractivity contribution in [1.29, 1.82) is 0 Å². The molecule has 1 heteroatoms. The molecule has 173 valence electrons. The lowest BCUT2D eigenvalue weighted by atomic mass is 9.64. The van der Waals surface area contributed by atoms with E-state index < -0.39 is 0 Å². The van der Waals surface area contributed by atoms with Gasteiger partial charge in [0.1, 0.15) is 0 Å². The van der Waals surface area contributed by atoms with Crippen LogP contribution in [0.1, 0.15) is 0 Å². The first-order chi connectivity index (χ1) is 18.3. The lowest BCUT2D eigenvalue weighted by Gasteiger charge is -2.08. The van der Waals surface area contributed by atoms with Crippen molar-refractivity contribution in [3.05, 3.63) is 158 Å². The summed E-state index contributed by atoms with van der Waals surface area (Å²) in [5.41, 5.74) is 12.3. The monoisotopic (exact) mass is 469 g/mol. The molecule has 0 aliphatic heterocycles. The second-order valence-corrected chi connectivity index (χ2v) is 9.28. The number of benzene rings is 6. The summed E-state index contributed by atoms with van der Waals surface area (Å²) in [6.45, 7) is 0. The molecule has 0 heterocycles. The Morgan fingerprint density at radius 2 is 0.432 bits per heavy atom. The van der Waals surface area contributed by atoms with Crippen LogP contribution in [-0.2, 0) is 0 Å². The zero-order chi connectivity index (χ0) is 24.9. The fourth-order valence-corrected chi connectivity index (χ4v) is 4.71. The Bertz CT molecular complexity index is 1440. The van der Waals surface area contributed by atoms with E-state index in [4.69, 9.17) is 0 Å². The fourth-order valence-electron chi connectivity index (χ4n) is 4.71. The fraction of sp³-hybridized carbons (Fsp3) is 0. The van der Waals surface area contributed by atoms with Gasteiger partial charge in [-0.3, -0.25) is 0 Å². The molecule has 0 bridgehead atoms. The van der Waals surface area contributed by atoms with Gasteiger partial charge in [0.15, 0.2) is 7.28 Å². The van der Waals surface area contributed by atoms with E-state index in [9.17, 15) is 0 Å². The Morgan fingerprint density at radius 1 is 0.216 bits per heavy atom. The zero-order valence-electron chi connectivity index (χ0n) is 20.6. The van der Waals surface area contributed by atoms with Gasteiger partial charge in [-0.25, -0.2) is 0 Å². The average molecular weight is 469 g/mol. The van der Waals surface area contributed by atoms with Crippen LogP contribution < -0.4 is 10.9 Å². The summed E-state index contributed by atoms with van der Waals surface area (Å²) in [6.07, 6.45) is 0. The molecule has 0 N–H and O–H groups in total. The molecular weight excluding hydrogens is 443 g/mol. The molecule has 0 saturated carbocycles. The zero-order valence-corrected chi connectivity index (χ0v) is 20.6. The van der Waals surface area contributed by atoms with Crippen LogP contribution in [0.4, 0.5) is 0 Å². The Kier molecular flexibility index (Phi) is 6.51. The summed E-state index contributed by atoms with van der Waals surface area (Å²) >= 11 is 0. The lowest BCUT2D eigenvalue weighted by molar-refractivity contribution is 1.59. The van der Waals surface area contributed by atoms with Gasteiger partial charge in [0.2, 0.25) is 0 Å². The summed E-state index contributed by atoms with van der Waals surface area (Å²) in [7, 11) is 2.23. The van der Waals surface area contributed by atoms with E-state index in [1.807, 2.05) is 0 Å². The van der Waals surface area contributed by atoms with E-state index in [2.05, 4.69) is 165 Å². The molecule has 0 aromatic heterocycles. The van der Waals surface area contributed by atoms with E-state index in [1.165, 1.54) is 55.4 Å². The van der Waals surface area contributed by atoms with Crippen molar-refractivity contribution in [2.45, 2.75) is 0 Å². The number of hydrogen-bond acceptors (Lipinski definition) is 0. The molecule has 0 nitrogen and oxygen atoms in total. The third-order valence-electron chi connectivity index (χ3n) is 6.81. The molecule has 0 aliphatic rings. The molecule has 6 rings (SSSR count). The molecule has 0 atom stereocenters. The van der Waals surface area contributed by atoms with Crippen molar-refractivity contribution >= 4 is 18.2 Å². The van der Waals surface area contributed by atoms with Gasteiger partial charge < -0.3 is 0 Å². The largest absolute Gasteiger partial charge is 0.191 e. The summed E-state index contributed by atoms with van der Waals surface area (Å²) in [5, 5.41) is 0. The van der Waals surface area contributed by atoms with Crippen molar-refractivity contribution in [1.82, 2.24) is 0 Å². The van der Waals surface area contributed by atoms with E-state index in [0.717, 1.165) is 0 Å². The highest BCUT2D eigenvalue weighted by atomic mass is 14.1. The number of rotatable bonds is 6. The van der Waals surface area contributed by atoms with Gasteiger partial charge in [-0.2, -0.15) is 0 Å². The Morgan fingerprint density at radius 3 is 0.703 bits per heavy atom. The van der Waals surface area contributed by atoms with Gasteiger partial charge in [-0.15, -0.1) is 0 Å². The van der Waals surface area contributed by atoms with Gasteiger partial charge in [-0.1, -0.05) is 169 Å². The van der Waals surface area contributed by atoms with Crippen LogP contribution in [0.25, 0.3) is 44.5 Å². The van der Waals surface area contributed by atoms with Crippen molar-refractivity contribution in [2.75, 3.05) is 0 Å². The molecule has 0 amide bonds. The molecule has 6 aromatic rings. The second kappa shape index (κ2) is 10.6. The molecule has 6 aromatic carbocycles. The van der Waals surface area contributed by atoms with Crippen molar-refractivity contribution in [3.8, 4) is 44.5 Å². The highest BCUT2D eigenvalue weighted by Gasteiger charge is 2.05. The summed E-state index contributed by atoms with van der Waals surface area (Å²) < 4.78 is 0. The topological polar surface area (TPSA) is 0 Å². The quantitative estimate of drug-likeness (QED) is 0.217. The molecule has 0 unspecified atom stereocenters. The first-order valence-electron chi connectivity index (χ1n) is 12.7. The Hall–Kier alpha value is -4.62. The average Bonchev–Trinajstić information content (AvgIpc) is 2.99. The van der Waals surface area contributed by atoms with Gasteiger partial charge in [0.25, 0.3) is 0 Å². The minimum Gasteiger partial charge on any atom is -0.0814 e. The maximum atomic E-state index is 2.23. The first kappa shape index (κ1) is 22.8. The summed E-state index contributed by atoms with van der Waals surface area (Å²) in [6, 6.07) is 56.2. The summed E-state index contributed by atoms with van der Waals surface area (Å²) in [4.78, 5) is 0. The van der Waals surface area contributed by atoms with Crippen LogP contribution in [0.5, 0.6) is 0 Å². The smallest absolute Gasteiger partial charge is 0.0814 e. The Labute approximate surface area is 220 Å². The van der Waals surface area contributed by atoms with Gasteiger partial charge >= 0.3 is 0 Å². The molecule has 0 saturated heterocycles. The van der Waals surface area contributed by atoms with Gasteiger partial charge in [-0.05, 0) is 44.5 Å². The molecule has 1 radical (unpaired) electrons. The molecule has 37 heavy (non-hydrogen) atoms. The van der Waals surface area contributed by atoms with Crippen molar-refractivity contribution in [3.63, 3.8) is 0 Å². The van der Waals surface area contributed by atoms with Gasteiger partial charge in [0, 0.05) is 0 Å². The maximum absolute atomic E-state index is 2.23. The highest BCUT2D eigenvalue weighted by Crippen LogP contribution is 2.25.